The lowest BCUT2D eigenvalue weighted by Crippen LogP contribution is -2.51. The van der Waals surface area contributed by atoms with Gasteiger partial charge in [-0.25, -0.2) is 0 Å². The zero-order valence-electron chi connectivity index (χ0n) is 6.36. The maximum Gasteiger partial charge on any atom is 0.163 e. The predicted molar refractivity (Wildman–Crippen MR) is 40.7 cm³/mol. The van der Waals surface area contributed by atoms with Crippen LogP contribution in [0.15, 0.2) is 4.99 Å². The van der Waals surface area contributed by atoms with Crippen LogP contribution in [-0.4, -0.2) is 26.6 Å². The van der Waals surface area contributed by atoms with Gasteiger partial charge < -0.3 is 0 Å². The molecule has 0 atom stereocenters. The third-order valence-electron chi connectivity index (χ3n) is 1.61. The van der Waals surface area contributed by atoms with Crippen molar-refractivity contribution in [1.29, 1.82) is 0 Å². The van der Waals surface area contributed by atoms with Gasteiger partial charge in [-0.3, -0.25) is 15.6 Å². The summed E-state index contributed by atoms with van der Waals surface area (Å²) in [5.41, 5.74) is 0. The zero-order valence-corrected chi connectivity index (χ0v) is 6.36. The lowest BCUT2D eigenvalue weighted by atomic mass is 10.3. The van der Waals surface area contributed by atoms with Crippen LogP contribution in [-0.2, 0) is 0 Å². The van der Waals surface area contributed by atoms with E-state index in [4.69, 9.17) is 0 Å². The molecule has 0 saturated carbocycles. The molecule has 0 fully saturated rings. The number of nitrogens with one attached hydrogen (secondary N) is 2. The van der Waals surface area contributed by atoms with Crippen molar-refractivity contribution in [3.8, 4) is 0 Å². The molecule has 0 aromatic heterocycles. The first kappa shape index (κ1) is 8.59. The average molecular weight is 129 g/mol. The topological polar surface area (TPSA) is 36.4 Å². The Labute approximate surface area is 56.6 Å². The summed E-state index contributed by atoms with van der Waals surface area (Å²) in [5.74, 6) is -0.319. The molecule has 0 amide bonds. The van der Waals surface area contributed by atoms with Crippen LogP contribution in [0.3, 0.4) is 0 Å². The third kappa shape index (κ3) is 1.77. The highest BCUT2D eigenvalue weighted by atomic mass is 15.3. The van der Waals surface area contributed by atoms with Gasteiger partial charge in [0.25, 0.3) is 0 Å². The van der Waals surface area contributed by atoms with E-state index in [-0.39, 0.29) is 5.79 Å². The highest BCUT2D eigenvalue weighted by Gasteiger charge is 2.19. The van der Waals surface area contributed by atoms with Crippen molar-refractivity contribution in [3.05, 3.63) is 0 Å². The van der Waals surface area contributed by atoms with Gasteiger partial charge in [0.2, 0.25) is 0 Å². The molecule has 0 aliphatic rings. The molecular weight excluding hydrogens is 114 g/mol. The van der Waals surface area contributed by atoms with Crippen molar-refractivity contribution >= 4 is 6.72 Å². The number of hydrogen-bond acceptors (Lipinski definition) is 3. The van der Waals surface area contributed by atoms with Crippen LogP contribution in [0.5, 0.6) is 0 Å². The number of aliphatic imine (C=N–C) groups is 1. The number of hydrogen-bond donors (Lipinski definition) is 2. The van der Waals surface area contributed by atoms with E-state index in [1.807, 2.05) is 21.0 Å². The fourth-order valence-electron chi connectivity index (χ4n) is 0.748. The van der Waals surface area contributed by atoms with Crippen molar-refractivity contribution in [2.75, 3.05) is 14.1 Å². The molecule has 54 valence electrons. The Hall–Kier alpha value is -0.410. The van der Waals surface area contributed by atoms with Gasteiger partial charge >= 0.3 is 0 Å². The lowest BCUT2D eigenvalue weighted by Gasteiger charge is -2.26. The van der Waals surface area contributed by atoms with Crippen molar-refractivity contribution in [3.63, 3.8) is 0 Å². The van der Waals surface area contributed by atoms with Crippen LogP contribution in [0.1, 0.15) is 13.3 Å². The van der Waals surface area contributed by atoms with Gasteiger partial charge in [-0.2, -0.15) is 0 Å². The van der Waals surface area contributed by atoms with Crippen molar-refractivity contribution < 1.29 is 0 Å². The first-order valence-electron chi connectivity index (χ1n) is 3.10. The van der Waals surface area contributed by atoms with Gasteiger partial charge in [-0.05, 0) is 27.2 Å². The minimum atomic E-state index is -0.319. The summed E-state index contributed by atoms with van der Waals surface area (Å²) in [4.78, 5) is 3.90. The van der Waals surface area contributed by atoms with E-state index >= 15 is 0 Å². The molecule has 2 N–H and O–H groups in total. The maximum atomic E-state index is 3.90. The molecule has 3 nitrogen and oxygen atoms in total. The van der Waals surface area contributed by atoms with Crippen LogP contribution in [0.25, 0.3) is 0 Å². The summed E-state index contributed by atoms with van der Waals surface area (Å²) in [6.07, 6.45) is 0.892. The monoisotopic (exact) mass is 129 g/mol. The molecule has 0 unspecified atom stereocenters. The lowest BCUT2D eigenvalue weighted by molar-refractivity contribution is 0.301. The molecule has 3 heteroatoms. The summed E-state index contributed by atoms with van der Waals surface area (Å²) in [5, 5.41) is 6.05. The first-order valence-corrected chi connectivity index (χ1v) is 3.10. The Balaban J connectivity index is 3.98. The largest absolute Gasteiger partial charge is 0.284 e. The predicted octanol–water partition coefficient (Wildman–Crippen LogP) is 0.190. The van der Waals surface area contributed by atoms with Gasteiger partial charge in [-0.15, -0.1) is 0 Å². The van der Waals surface area contributed by atoms with Crippen LogP contribution < -0.4 is 10.6 Å². The average Bonchev–Trinajstić information content (AvgIpc) is 1.95. The standard InChI is InChI=1S/C6H15N3/c1-5-6(7-2,8-3)9-4/h8-9H,2,5H2,1,3-4H3. The first-order chi connectivity index (χ1) is 4.24. The van der Waals surface area contributed by atoms with Crippen LogP contribution >= 0.6 is 0 Å². The van der Waals surface area contributed by atoms with Gasteiger partial charge in [0.1, 0.15) is 0 Å². The number of nitrogens with zero attached hydrogens (tertiary/aromatic N) is 1. The quantitative estimate of drug-likeness (QED) is 0.420. The molecule has 0 aliphatic heterocycles. The molecular formula is C6H15N3. The van der Waals surface area contributed by atoms with Gasteiger partial charge in [0.05, 0.1) is 0 Å². The second kappa shape index (κ2) is 3.58. The highest BCUT2D eigenvalue weighted by molar-refractivity contribution is 5.25. The SMILES string of the molecule is C=NC(CC)(NC)NC. The van der Waals surface area contributed by atoms with Crippen LogP contribution in [0.4, 0.5) is 0 Å². The molecule has 0 aromatic rings. The molecule has 0 aromatic carbocycles. The minimum absolute atomic E-state index is 0.319. The molecule has 0 heterocycles. The van der Waals surface area contributed by atoms with E-state index in [0.717, 1.165) is 6.42 Å². The van der Waals surface area contributed by atoms with Gasteiger partial charge in [-0.1, -0.05) is 6.92 Å². The second-order valence-electron chi connectivity index (χ2n) is 1.87. The molecule has 0 spiro atoms. The van der Waals surface area contributed by atoms with Gasteiger partial charge in [0, 0.05) is 0 Å². The Bertz CT molecular complexity index is 78.0. The van der Waals surface area contributed by atoms with E-state index < -0.39 is 0 Å². The smallest absolute Gasteiger partial charge is 0.163 e. The summed E-state index contributed by atoms with van der Waals surface area (Å²) < 4.78 is 0. The van der Waals surface area contributed by atoms with E-state index in [0.29, 0.717) is 0 Å². The van der Waals surface area contributed by atoms with Gasteiger partial charge in [0.15, 0.2) is 5.79 Å². The van der Waals surface area contributed by atoms with E-state index in [9.17, 15) is 0 Å². The number of rotatable bonds is 4. The second-order valence-corrected chi connectivity index (χ2v) is 1.87. The van der Waals surface area contributed by atoms with Crippen LogP contribution in [0, 0.1) is 0 Å². The van der Waals surface area contributed by atoms with Crippen LogP contribution in [0.2, 0.25) is 0 Å². The Kier molecular flexibility index (Phi) is 3.42. The molecule has 0 aliphatic carbocycles. The summed E-state index contributed by atoms with van der Waals surface area (Å²) in [7, 11) is 3.71. The highest BCUT2D eigenvalue weighted by Crippen LogP contribution is 2.03. The molecule has 0 bridgehead atoms. The molecule has 0 radical (unpaired) electrons. The molecule has 0 rings (SSSR count). The minimum Gasteiger partial charge on any atom is -0.284 e. The van der Waals surface area contributed by atoms with Crippen molar-refractivity contribution in [2.45, 2.75) is 19.1 Å². The Morgan fingerprint density at radius 2 is 1.89 bits per heavy atom. The summed E-state index contributed by atoms with van der Waals surface area (Å²) in [6, 6.07) is 0. The fraction of sp³-hybridized carbons (Fsp3) is 0.833. The summed E-state index contributed by atoms with van der Waals surface area (Å²) in [6.45, 7) is 5.51. The van der Waals surface area contributed by atoms with E-state index in [2.05, 4.69) is 22.3 Å². The van der Waals surface area contributed by atoms with E-state index in [1.54, 1.807) is 0 Å². The Morgan fingerprint density at radius 3 is 1.89 bits per heavy atom. The third-order valence-corrected chi connectivity index (χ3v) is 1.61. The maximum absolute atomic E-state index is 3.90. The fourth-order valence-corrected chi connectivity index (χ4v) is 0.748. The van der Waals surface area contributed by atoms with Crippen molar-refractivity contribution in [1.82, 2.24) is 10.6 Å². The summed E-state index contributed by atoms with van der Waals surface area (Å²) >= 11 is 0. The zero-order chi connectivity index (χ0) is 7.33. The molecule has 0 saturated heterocycles. The Morgan fingerprint density at radius 1 is 1.44 bits per heavy atom. The normalized spacial score (nSPS) is 11.4. The molecule has 9 heavy (non-hydrogen) atoms. The van der Waals surface area contributed by atoms with E-state index in [1.165, 1.54) is 0 Å². The van der Waals surface area contributed by atoms with Crippen molar-refractivity contribution in [2.24, 2.45) is 4.99 Å².